The average Bonchev–Trinajstić information content (AvgIpc) is 3.10. The second-order valence-corrected chi connectivity index (χ2v) is 6.17. The Kier molecular flexibility index (Phi) is 5.75. The molecule has 1 heterocycles. The van der Waals surface area contributed by atoms with Crippen LogP contribution in [0.2, 0.25) is 10.0 Å². The molecule has 2 aromatic carbocycles. The SMILES string of the molecule is COc1ccccc1-c1nnc(CCNC(=O)c2ccc(Cl)cc2Cl)o1. The van der Waals surface area contributed by atoms with Crippen molar-refractivity contribution in [2.24, 2.45) is 0 Å². The summed E-state index contributed by atoms with van der Waals surface area (Å²) in [6.45, 7) is 0.325. The van der Waals surface area contributed by atoms with Gasteiger partial charge in [-0.25, -0.2) is 0 Å². The molecule has 0 aliphatic carbocycles. The normalized spacial score (nSPS) is 10.6. The first-order valence-corrected chi connectivity index (χ1v) is 8.53. The highest BCUT2D eigenvalue weighted by molar-refractivity contribution is 6.36. The zero-order valence-corrected chi connectivity index (χ0v) is 15.3. The van der Waals surface area contributed by atoms with E-state index in [1.165, 1.54) is 6.07 Å². The van der Waals surface area contributed by atoms with Gasteiger partial charge in [-0.2, -0.15) is 0 Å². The second kappa shape index (κ2) is 8.21. The summed E-state index contributed by atoms with van der Waals surface area (Å²) >= 11 is 11.8. The van der Waals surface area contributed by atoms with Gasteiger partial charge >= 0.3 is 0 Å². The van der Waals surface area contributed by atoms with Gasteiger partial charge in [-0.15, -0.1) is 10.2 Å². The number of hydrogen-bond acceptors (Lipinski definition) is 5. The minimum atomic E-state index is -0.295. The van der Waals surface area contributed by atoms with Gasteiger partial charge < -0.3 is 14.5 Å². The first-order valence-electron chi connectivity index (χ1n) is 7.77. The smallest absolute Gasteiger partial charge is 0.252 e. The minimum absolute atomic E-state index is 0.295. The second-order valence-electron chi connectivity index (χ2n) is 5.33. The molecular formula is C18H15Cl2N3O3. The van der Waals surface area contributed by atoms with Crippen LogP contribution in [0.3, 0.4) is 0 Å². The molecule has 0 radical (unpaired) electrons. The van der Waals surface area contributed by atoms with E-state index < -0.39 is 0 Å². The molecule has 3 rings (SSSR count). The monoisotopic (exact) mass is 391 g/mol. The Balaban J connectivity index is 1.61. The van der Waals surface area contributed by atoms with Crippen LogP contribution in [-0.2, 0) is 6.42 Å². The molecule has 8 heteroatoms. The highest BCUT2D eigenvalue weighted by Gasteiger charge is 2.14. The Labute approximate surface area is 160 Å². The molecule has 6 nitrogen and oxygen atoms in total. The maximum atomic E-state index is 12.2. The zero-order chi connectivity index (χ0) is 18.5. The Hall–Kier alpha value is -2.57. The summed E-state index contributed by atoms with van der Waals surface area (Å²) in [5, 5.41) is 11.6. The first kappa shape index (κ1) is 18.2. The lowest BCUT2D eigenvalue weighted by Gasteiger charge is -2.06. The van der Waals surface area contributed by atoms with Crippen LogP contribution in [0.25, 0.3) is 11.5 Å². The fourth-order valence-corrected chi connectivity index (χ4v) is 2.83. The number of nitrogens with zero attached hydrogens (tertiary/aromatic N) is 2. The number of rotatable bonds is 6. The molecule has 0 atom stereocenters. The van der Waals surface area contributed by atoms with E-state index in [9.17, 15) is 4.79 Å². The molecule has 3 aromatic rings. The van der Waals surface area contributed by atoms with Crippen molar-refractivity contribution >= 4 is 29.1 Å². The summed E-state index contributed by atoms with van der Waals surface area (Å²) in [5.74, 6) is 1.13. The maximum absolute atomic E-state index is 12.2. The summed E-state index contributed by atoms with van der Waals surface area (Å²) < 4.78 is 10.9. The average molecular weight is 392 g/mol. The van der Waals surface area contributed by atoms with E-state index in [1.54, 1.807) is 19.2 Å². The van der Waals surface area contributed by atoms with Crippen LogP contribution in [0.1, 0.15) is 16.2 Å². The summed E-state index contributed by atoms with van der Waals surface area (Å²) in [7, 11) is 1.58. The molecular weight excluding hydrogens is 377 g/mol. The number of amides is 1. The fraction of sp³-hybridized carbons (Fsp3) is 0.167. The molecule has 1 aromatic heterocycles. The van der Waals surface area contributed by atoms with Crippen LogP contribution in [-0.4, -0.2) is 29.8 Å². The van der Waals surface area contributed by atoms with Gasteiger partial charge in [0.15, 0.2) is 0 Å². The quantitative estimate of drug-likeness (QED) is 0.686. The number of nitrogens with one attached hydrogen (secondary N) is 1. The van der Waals surface area contributed by atoms with Gasteiger partial charge in [0.05, 0.1) is 23.3 Å². The minimum Gasteiger partial charge on any atom is -0.496 e. The molecule has 0 spiro atoms. The Morgan fingerprint density at radius 1 is 1.19 bits per heavy atom. The lowest BCUT2D eigenvalue weighted by Crippen LogP contribution is -2.26. The van der Waals surface area contributed by atoms with E-state index in [4.69, 9.17) is 32.4 Å². The van der Waals surface area contributed by atoms with Crippen LogP contribution in [0.5, 0.6) is 5.75 Å². The van der Waals surface area contributed by atoms with E-state index >= 15 is 0 Å². The molecule has 0 saturated heterocycles. The van der Waals surface area contributed by atoms with Crippen molar-refractivity contribution in [2.45, 2.75) is 6.42 Å². The number of hydrogen-bond donors (Lipinski definition) is 1. The zero-order valence-electron chi connectivity index (χ0n) is 13.8. The van der Waals surface area contributed by atoms with E-state index in [0.717, 1.165) is 0 Å². The Morgan fingerprint density at radius 2 is 2.00 bits per heavy atom. The van der Waals surface area contributed by atoms with E-state index in [2.05, 4.69) is 15.5 Å². The van der Waals surface area contributed by atoms with Gasteiger partial charge in [0, 0.05) is 18.0 Å². The number of ether oxygens (including phenoxy) is 1. The van der Waals surface area contributed by atoms with Gasteiger partial charge in [0.25, 0.3) is 11.8 Å². The van der Waals surface area contributed by atoms with Gasteiger partial charge in [0.2, 0.25) is 5.89 Å². The highest BCUT2D eigenvalue weighted by Crippen LogP contribution is 2.28. The van der Waals surface area contributed by atoms with Crippen molar-refractivity contribution in [2.75, 3.05) is 13.7 Å². The Bertz CT molecular complexity index is 928. The number of halogens is 2. The van der Waals surface area contributed by atoms with Crippen LogP contribution in [0.4, 0.5) is 0 Å². The summed E-state index contributed by atoms with van der Waals surface area (Å²) in [4.78, 5) is 12.2. The van der Waals surface area contributed by atoms with Crippen molar-refractivity contribution in [3.05, 3.63) is 64.0 Å². The Morgan fingerprint density at radius 3 is 2.77 bits per heavy atom. The first-order chi connectivity index (χ1) is 12.6. The molecule has 0 aliphatic heterocycles. The van der Waals surface area contributed by atoms with Crippen LogP contribution < -0.4 is 10.1 Å². The van der Waals surface area contributed by atoms with Crippen molar-refractivity contribution in [3.8, 4) is 17.2 Å². The third kappa shape index (κ3) is 4.15. The molecule has 134 valence electrons. The molecule has 1 N–H and O–H groups in total. The standard InChI is InChI=1S/C18H15Cl2N3O3/c1-25-15-5-3-2-4-13(15)18-23-22-16(26-18)8-9-21-17(24)12-7-6-11(19)10-14(12)20/h2-7,10H,8-9H2,1H3,(H,21,24). The highest BCUT2D eigenvalue weighted by atomic mass is 35.5. The molecule has 0 aliphatic rings. The predicted octanol–water partition coefficient (Wildman–Crippen LogP) is 4.02. The maximum Gasteiger partial charge on any atom is 0.252 e. The van der Waals surface area contributed by atoms with Gasteiger partial charge in [-0.05, 0) is 30.3 Å². The largest absolute Gasteiger partial charge is 0.496 e. The lowest BCUT2D eigenvalue weighted by atomic mass is 10.2. The lowest BCUT2D eigenvalue weighted by molar-refractivity contribution is 0.0954. The number of aromatic nitrogens is 2. The van der Waals surface area contributed by atoms with E-state index in [0.29, 0.717) is 51.7 Å². The number of benzene rings is 2. The van der Waals surface area contributed by atoms with Crippen molar-refractivity contribution in [1.29, 1.82) is 0 Å². The van der Waals surface area contributed by atoms with Gasteiger partial charge in [-0.1, -0.05) is 35.3 Å². The van der Waals surface area contributed by atoms with Crippen molar-refractivity contribution in [3.63, 3.8) is 0 Å². The number of carbonyl (C=O) groups is 1. The molecule has 0 fully saturated rings. The topological polar surface area (TPSA) is 77.3 Å². The van der Waals surface area contributed by atoms with Crippen molar-refractivity contribution in [1.82, 2.24) is 15.5 Å². The van der Waals surface area contributed by atoms with E-state index in [-0.39, 0.29) is 5.91 Å². The number of para-hydroxylation sites is 1. The summed E-state index contributed by atoms with van der Waals surface area (Å²) in [6, 6.07) is 12.1. The molecule has 0 bridgehead atoms. The third-order valence-electron chi connectivity index (χ3n) is 3.60. The van der Waals surface area contributed by atoms with Gasteiger partial charge in [-0.3, -0.25) is 4.79 Å². The number of methoxy groups -OCH3 is 1. The fourth-order valence-electron chi connectivity index (χ4n) is 2.34. The van der Waals surface area contributed by atoms with E-state index in [1.807, 2.05) is 24.3 Å². The molecule has 0 saturated carbocycles. The van der Waals surface area contributed by atoms with Crippen LogP contribution >= 0.6 is 23.2 Å². The molecule has 1 amide bonds. The summed E-state index contributed by atoms with van der Waals surface area (Å²) in [6.07, 6.45) is 0.388. The third-order valence-corrected chi connectivity index (χ3v) is 4.15. The number of carbonyl (C=O) groups excluding carboxylic acids is 1. The molecule has 0 unspecified atom stereocenters. The predicted molar refractivity (Wildman–Crippen MR) is 98.8 cm³/mol. The summed E-state index contributed by atoms with van der Waals surface area (Å²) in [5.41, 5.74) is 1.07. The van der Waals surface area contributed by atoms with Crippen molar-refractivity contribution < 1.29 is 13.9 Å². The van der Waals surface area contributed by atoms with Crippen LogP contribution in [0, 0.1) is 0 Å². The van der Waals surface area contributed by atoms with Gasteiger partial charge in [0.1, 0.15) is 5.75 Å². The molecule has 26 heavy (non-hydrogen) atoms. The van der Waals surface area contributed by atoms with Crippen LogP contribution in [0.15, 0.2) is 46.9 Å².